The van der Waals surface area contributed by atoms with E-state index in [0.717, 1.165) is 28.3 Å². The maximum absolute atomic E-state index is 11.7. The van der Waals surface area contributed by atoms with Crippen LogP contribution in [0.1, 0.15) is 12.1 Å². The van der Waals surface area contributed by atoms with Gasteiger partial charge in [-0.25, -0.2) is 4.98 Å². The molecule has 23 heavy (non-hydrogen) atoms. The van der Waals surface area contributed by atoms with Crippen LogP contribution in [-0.4, -0.2) is 21.8 Å². The fraction of sp³-hybridized carbons (Fsp3) is 0.176. The number of hydrogen-bond acceptors (Lipinski definition) is 3. The zero-order valence-corrected chi connectivity index (χ0v) is 13.5. The average molecular weight is 329 g/mol. The van der Waals surface area contributed by atoms with Gasteiger partial charge in [0.05, 0.1) is 11.4 Å². The maximum atomic E-state index is 11.7. The molecule has 118 valence electrons. The smallest absolute Gasteiger partial charge is 0.225 e. The van der Waals surface area contributed by atoms with Crippen molar-refractivity contribution >= 4 is 28.8 Å². The van der Waals surface area contributed by atoms with Gasteiger partial charge < -0.3 is 15.5 Å². The second kappa shape index (κ2) is 6.40. The minimum atomic E-state index is -0.0949. The summed E-state index contributed by atoms with van der Waals surface area (Å²) in [4.78, 5) is 16.3. The zero-order valence-electron chi connectivity index (χ0n) is 12.7. The molecule has 0 aliphatic heterocycles. The molecule has 0 aliphatic rings. The van der Waals surface area contributed by atoms with Crippen LogP contribution >= 0.6 is 11.6 Å². The van der Waals surface area contributed by atoms with E-state index in [1.165, 1.54) is 0 Å². The highest BCUT2D eigenvalue weighted by Gasteiger charge is 2.11. The third-order valence-electron chi connectivity index (χ3n) is 3.63. The van der Waals surface area contributed by atoms with Gasteiger partial charge in [0.1, 0.15) is 5.65 Å². The summed E-state index contributed by atoms with van der Waals surface area (Å²) in [5, 5.41) is 3.53. The molecule has 0 saturated heterocycles. The normalized spacial score (nSPS) is 10.9. The van der Waals surface area contributed by atoms with Gasteiger partial charge in [0.25, 0.3) is 0 Å². The number of aryl methyl sites for hydroxylation is 1. The molecule has 3 rings (SSSR count). The minimum absolute atomic E-state index is 0.0949. The van der Waals surface area contributed by atoms with E-state index in [1.807, 2.05) is 53.9 Å². The molecule has 5 nitrogen and oxygen atoms in total. The third kappa shape index (κ3) is 3.21. The first kappa shape index (κ1) is 15.5. The highest BCUT2D eigenvalue weighted by molar-refractivity contribution is 6.30. The Morgan fingerprint density at radius 3 is 2.70 bits per heavy atom. The minimum Gasteiger partial charge on any atom is -0.330 e. The van der Waals surface area contributed by atoms with Crippen molar-refractivity contribution in [2.24, 2.45) is 5.73 Å². The molecule has 1 amide bonds. The summed E-state index contributed by atoms with van der Waals surface area (Å²) in [7, 11) is 0. The van der Waals surface area contributed by atoms with Crippen molar-refractivity contribution in [3.8, 4) is 11.3 Å². The van der Waals surface area contributed by atoms with Crippen LogP contribution in [0.15, 0.2) is 42.6 Å². The lowest BCUT2D eigenvalue weighted by Gasteiger charge is -2.05. The molecule has 0 unspecified atom stereocenters. The van der Waals surface area contributed by atoms with E-state index in [9.17, 15) is 4.79 Å². The largest absolute Gasteiger partial charge is 0.330 e. The van der Waals surface area contributed by atoms with Gasteiger partial charge in [-0.1, -0.05) is 23.7 Å². The van der Waals surface area contributed by atoms with Crippen molar-refractivity contribution in [2.75, 3.05) is 11.9 Å². The van der Waals surface area contributed by atoms with Crippen molar-refractivity contribution in [2.45, 2.75) is 13.3 Å². The number of imidazole rings is 1. The predicted molar refractivity (Wildman–Crippen MR) is 92.7 cm³/mol. The van der Waals surface area contributed by atoms with E-state index in [1.54, 1.807) is 0 Å². The number of pyridine rings is 1. The van der Waals surface area contributed by atoms with E-state index in [2.05, 4.69) is 10.3 Å². The molecular weight excluding hydrogens is 312 g/mol. The van der Waals surface area contributed by atoms with Crippen molar-refractivity contribution in [3.63, 3.8) is 0 Å². The lowest BCUT2D eigenvalue weighted by atomic mass is 10.1. The lowest BCUT2D eigenvalue weighted by molar-refractivity contribution is -0.116. The van der Waals surface area contributed by atoms with Crippen LogP contribution in [0.3, 0.4) is 0 Å². The van der Waals surface area contributed by atoms with Gasteiger partial charge in [0.2, 0.25) is 5.91 Å². The molecule has 0 atom stereocenters. The predicted octanol–water partition coefficient (Wildman–Crippen LogP) is 3.25. The molecule has 2 heterocycles. The Morgan fingerprint density at radius 2 is 2.00 bits per heavy atom. The Bertz CT molecular complexity index is 855. The number of carbonyl (C=O) groups excluding carboxylic acids is 1. The zero-order chi connectivity index (χ0) is 16.4. The fourth-order valence-electron chi connectivity index (χ4n) is 2.47. The molecule has 0 fully saturated rings. The van der Waals surface area contributed by atoms with E-state index in [-0.39, 0.29) is 5.91 Å². The fourth-order valence-corrected chi connectivity index (χ4v) is 2.60. The van der Waals surface area contributed by atoms with Crippen LogP contribution in [0.5, 0.6) is 0 Å². The highest BCUT2D eigenvalue weighted by atomic mass is 35.5. The van der Waals surface area contributed by atoms with Gasteiger partial charge >= 0.3 is 0 Å². The molecule has 3 N–H and O–H groups in total. The lowest BCUT2D eigenvalue weighted by Crippen LogP contribution is -2.16. The third-order valence-corrected chi connectivity index (χ3v) is 3.88. The van der Waals surface area contributed by atoms with Crippen LogP contribution in [0.2, 0.25) is 5.02 Å². The molecule has 0 radical (unpaired) electrons. The van der Waals surface area contributed by atoms with Crippen molar-refractivity contribution in [3.05, 3.63) is 53.3 Å². The summed E-state index contributed by atoms with van der Waals surface area (Å²) in [6.07, 6.45) is 2.17. The molecule has 0 bridgehead atoms. The number of amides is 1. The molecule has 0 spiro atoms. The van der Waals surface area contributed by atoms with Gasteiger partial charge in [0.15, 0.2) is 0 Å². The summed E-state index contributed by atoms with van der Waals surface area (Å²) >= 11 is 5.94. The summed E-state index contributed by atoms with van der Waals surface area (Å²) < 4.78 is 1.96. The summed E-state index contributed by atoms with van der Waals surface area (Å²) in [6.45, 7) is 2.33. The number of fused-ring (bicyclic) bond motifs is 1. The molecule has 0 aliphatic carbocycles. The van der Waals surface area contributed by atoms with Crippen molar-refractivity contribution in [1.29, 1.82) is 0 Å². The van der Waals surface area contributed by atoms with Crippen LogP contribution in [0.4, 0.5) is 5.69 Å². The molecule has 2 aromatic heterocycles. The quantitative estimate of drug-likeness (QED) is 0.772. The first-order chi connectivity index (χ1) is 11.1. The monoisotopic (exact) mass is 328 g/mol. The highest BCUT2D eigenvalue weighted by Crippen LogP contribution is 2.26. The number of rotatable bonds is 4. The van der Waals surface area contributed by atoms with Crippen LogP contribution in [0, 0.1) is 6.92 Å². The second-order valence-corrected chi connectivity index (χ2v) is 5.72. The summed E-state index contributed by atoms with van der Waals surface area (Å²) in [5.41, 5.74) is 9.83. The van der Waals surface area contributed by atoms with Crippen LogP contribution < -0.4 is 11.1 Å². The SMILES string of the molecule is Cc1c(-c2ccc(Cl)cc2)nc2ccc(NC(=O)CCN)cn12. The Balaban J connectivity index is 1.98. The number of nitrogens with two attached hydrogens (primary N) is 1. The maximum Gasteiger partial charge on any atom is 0.225 e. The topological polar surface area (TPSA) is 72.4 Å². The van der Waals surface area contributed by atoms with Crippen molar-refractivity contribution < 1.29 is 4.79 Å². The average Bonchev–Trinajstić information content (AvgIpc) is 2.85. The van der Waals surface area contributed by atoms with Gasteiger partial charge in [-0.05, 0) is 31.2 Å². The summed E-state index contributed by atoms with van der Waals surface area (Å²) in [5.74, 6) is -0.0949. The van der Waals surface area contributed by atoms with Gasteiger partial charge in [-0.15, -0.1) is 0 Å². The number of nitrogens with one attached hydrogen (secondary N) is 1. The number of aromatic nitrogens is 2. The van der Waals surface area contributed by atoms with Gasteiger partial charge in [-0.2, -0.15) is 0 Å². The molecule has 3 aromatic rings. The first-order valence-corrected chi connectivity index (χ1v) is 7.71. The van der Waals surface area contributed by atoms with E-state index in [0.29, 0.717) is 18.0 Å². The number of hydrogen-bond donors (Lipinski definition) is 2. The second-order valence-electron chi connectivity index (χ2n) is 5.29. The molecule has 1 aromatic carbocycles. The Morgan fingerprint density at radius 1 is 1.26 bits per heavy atom. The summed E-state index contributed by atoms with van der Waals surface area (Å²) in [6, 6.07) is 11.3. The molecule has 0 saturated carbocycles. The van der Waals surface area contributed by atoms with Crippen LogP contribution in [-0.2, 0) is 4.79 Å². The number of benzene rings is 1. The number of anilines is 1. The number of carbonyl (C=O) groups is 1. The first-order valence-electron chi connectivity index (χ1n) is 7.33. The van der Waals surface area contributed by atoms with Crippen LogP contribution in [0.25, 0.3) is 16.9 Å². The van der Waals surface area contributed by atoms with E-state index >= 15 is 0 Å². The van der Waals surface area contributed by atoms with E-state index < -0.39 is 0 Å². The van der Waals surface area contributed by atoms with E-state index in [4.69, 9.17) is 17.3 Å². The Labute approximate surface area is 139 Å². The number of nitrogens with zero attached hydrogens (tertiary/aromatic N) is 2. The Kier molecular flexibility index (Phi) is 4.32. The molecule has 6 heteroatoms. The number of halogens is 1. The van der Waals surface area contributed by atoms with Gasteiger partial charge in [-0.3, -0.25) is 4.79 Å². The standard InChI is InChI=1S/C17H17ClN4O/c1-11-17(12-2-4-13(18)5-3-12)21-15-7-6-14(10-22(11)15)20-16(23)8-9-19/h2-7,10H,8-9,19H2,1H3,(H,20,23). The Hall–Kier alpha value is -2.37. The van der Waals surface area contributed by atoms with Gasteiger partial charge in [0, 0.05) is 35.4 Å². The van der Waals surface area contributed by atoms with Crippen molar-refractivity contribution in [1.82, 2.24) is 9.38 Å². The molecular formula is C17H17ClN4O.